The van der Waals surface area contributed by atoms with Gasteiger partial charge in [0.2, 0.25) is 0 Å². The van der Waals surface area contributed by atoms with Crippen molar-refractivity contribution in [2.24, 2.45) is 5.73 Å². The number of halogens is 2. The molecular weight excluding hydrogens is 257 g/mol. The van der Waals surface area contributed by atoms with Crippen molar-refractivity contribution < 1.29 is 4.39 Å². The maximum Gasteiger partial charge on any atom is 0.138 e. The maximum absolute atomic E-state index is 13.9. The molecule has 1 saturated carbocycles. The van der Waals surface area contributed by atoms with Gasteiger partial charge >= 0.3 is 0 Å². The second-order valence-corrected chi connectivity index (χ2v) is 5.89. The van der Waals surface area contributed by atoms with E-state index in [0.717, 1.165) is 18.4 Å². The monoisotopic (exact) mass is 273 g/mol. The number of rotatable bonds is 3. The summed E-state index contributed by atoms with van der Waals surface area (Å²) in [6.07, 6.45) is 6.25. The zero-order chi connectivity index (χ0) is 12.5. The molecular formula is C13H17ClFNS. The standard InChI is InChI=1S/C13H17ClFNS/c1-17-12-10(14)6-9(7-11(12)15)13(8-16)4-2-3-5-13/h6-7H,2-5,8,16H2,1H3. The van der Waals surface area contributed by atoms with Crippen LogP contribution in [-0.4, -0.2) is 12.8 Å². The third kappa shape index (κ3) is 2.33. The summed E-state index contributed by atoms with van der Waals surface area (Å²) < 4.78 is 13.9. The molecule has 1 aliphatic rings. The van der Waals surface area contributed by atoms with E-state index in [1.807, 2.05) is 12.3 Å². The molecule has 4 heteroatoms. The van der Waals surface area contributed by atoms with E-state index < -0.39 is 0 Å². The molecule has 0 atom stereocenters. The van der Waals surface area contributed by atoms with Gasteiger partial charge in [0.15, 0.2) is 0 Å². The maximum atomic E-state index is 13.9. The molecule has 1 nitrogen and oxygen atoms in total. The molecule has 94 valence electrons. The van der Waals surface area contributed by atoms with E-state index in [9.17, 15) is 4.39 Å². The summed E-state index contributed by atoms with van der Waals surface area (Å²) in [6.45, 7) is 0.571. The van der Waals surface area contributed by atoms with Crippen molar-refractivity contribution in [2.75, 3.05) is 12.8 Å². The van der Waals surface area contributed by atoms with Crippen LogP contribution in [-0.2, 0) is 5.41 Å². The predicted molar refractivity (Wildman–Crippen MR) is 72.4 cm³/mol. The minimum atomic E-state index is -0.222. The summed E-state index contributed by atoms with van der Waals surface area (Å²) in [5.74, 6) is -0.222. The topological polar surface area (TPSA) is 26.0 Å². The van der Waals surface area contributed by atoms with Gasteiger partial charge in [-0.25, -0.2) is 4.39 Å². The normalized spacial score (nSPS) is 18.6. The molecule has 2 N–H and O–H groups in total. The van der Waals surface area contributed by atoms with Crippen molar-refractivity contribution in [3.63, 3.8) is 0 Å². The number of hydrogen-bond acceptors (Lipinski definition) is 2. The van der Waals surface area contributed by atoms with Gasteiger partial charge in [-0.05, 0) is 36.8 Å². The predicted octanol–water partition coefficient (Wildman–Crippen LogP) is 3.97. The van der Waals surface area contributed by atoms with Crippen LogP contribution in [0.1, 0.15) is 31.2 Å². The summed E-state index contributed by atoms with van der Waals surface area (Å²) in [4.78, 5) is 0.528. The summed E-state index contributed by atoms with van der Waals surface area (Å²) in [5, 5.41) is 0.507. The molecule has 1 fully saturated rings. The van der Waals surface area contributed by atoms with E-state index >= 15 is 0 Å². The Hall–Kier alpha value is -0.250. The van der Waals surface area contributed by atoms with Crippen LogP contribution in [0.4, 0.5) is 4.39 Å². The Morgan fingerprint density at radius 2 is 2.06 bits per heavy atom. The largest absolute Gasteiger partial charge is 0.330 e. The van der Waals surface area contributed by atoms with Crippen LogP contribution in [0.15, 0.2) is 17.0 Å². The molecule has 1 aromatic carbocycles. The van der Waals surface area contributed by atoms with Gasteiger partial charge in [0, 0.05) is 12.0 Å². The second kappa shape index (κ2) is 5.17. The van der Waals surface area contributed by atoms with Crippen LogP contribution in [0.5, 0.6) is 0 Å². The highest BCUT2D eigenvalue weighted by molar-refractivity contribution is 7.98. The van der Waals surface area contributed by atoms with Crippen molar-refractivity contribution in [2.45, 2.75) is 36.0 Å². The smallest absolute Gasteiger partial charge is 0.138 e. The van der Waals surface area contributed by atoms with Crippen LogP contribution in [0.3, 0.4) is 0 Å². The Balaban J connectivity index is 2.45. The van der Waals surface area contributed by atoms with Gasteiger partial charge in [-0.15, -0.1) is 11.8 Å². The lowest BCUT2D eigenvalue weighted by atomic mass is 9.79. The zero-order valence-corrected chi connectivity index (χ0v) is 11.5. The Morgan fingerprint density at radius 1 is 1.41 bits per heavy atom. The van der Waals surface area contributed by atoms with E-state index in [4.69, 9.17) is 17.3 Å². The van der Waals surface area contributed by atoms with Crippen LogP contribution in [0.2, 0.25) is 5.02 Å². The van der Waals surface area contributed by atoms with Gasteiger partial charge in [-0.3, -0.25) is 0 Å². The minimum Gasteiger partial charge on any atom is -0.330 e. The molecule has 1 aliphatic carbocycles. The fourth-order valence-corrected chi connectivity index (χ4v) is 3.67. The third-order valence-electron chi connectivity index (χ3n) is 3.77. The number of hydrogen-bond donors (Lipinski definition) is 1. The number of thioether (sulfide) groups is 1. The average molecular weight is 274 g/mol. The fraction of sp³-hybridized carbons (Fsp3) is 0.538. The van der Waals surface area contributed by atoms with Gasteiger partial charge in [0.1, 0.15) is 5.82 Å². The Morgan fingerprint density at radius 3 is 2.53 bits per heavy atom. The Labute approximate surface area is 111 Å². The highest BCUT2D eigenvalue weighted by Crippen LogP contribution is 2.42. The molecule has 0 saturated heterocycles. The molecule has 17 heavy (non-hydrogen) atoms. The lowest BCUT2D eigenvalue weighted by molar-refractivity contribution is 0.448. The Kier molecular flexibility index (Phi) is 4.01. The lowest BCUT2D eigenvalue weighted by Gasteiger charge is -2.28. The molecule has 0 spiro atoms. The van der Waals surface area contributed by atoms with Gasteiger partial charge in [-0.1, -0.05) is 24.4 Å². The molecule has 0 aromatic heterocycles. The van der Waals surface area contributed by atoms with Crippen molar-refractivity contribution >= 4 is 23.4 Å². The van der Waals surface area contributed by atoms with Gasteiger partial charge < -0.3 is 5.73 Å². The van der Waals surface area contributed by atoms with E-state index in [1.54, 1.807) is 6.07 Å². The third-order valence-corrected chi connectivity index (χ3v) is 5.00. The molecule has 0 radical (unpaired) electrons. The lowest BCUT2D eigenvalue weighted by Crippen LogP contribution is -2.32. The first-order chi connectivity index (χ1) is 8.13. The van der Waals surface area contributed by atoms with E-state index in [-0.39, 0.29) is 11.2 Å². The molecule has 1 aromatic rings. The molecule has 0 unspecified atom stereocenters. The van der Waals surface area contributed by atoms with Crippen molar-refractivity contribution in [1.82, 2.24) is 0 Å². The first kappa shape index (κ1) is 13.2. The molecule has 2 rings (SSSR count). The van der Waals surface area contributed by atoms with Crippen molar-refractivity contribution in [1.29, 1.82) is 0 Å². The summed E-state index contributed by atoms with van der Waals surface area (Å²) in [6, 6.07) is 3.52. The van der Waals surface area contributed by atoms with E-state index in [2.05, 4.69) is 0 Å². The van der Waals surface area contributed by atoms with E-state index in [1.165, 1.54) is 24.6 Å². The second-order valence-electron chi connectivity index (χ2n) is 4.66. The van der Waals surface area contributed by atoms with Crippen molar-refractivity contribution in [3.8, 4) is 0 Å². The molecule has 0 amide bonds. The van der Waals surface area contributed by atoms with E-state index in [0.29, 0.717) is 16.5 Å². The van der Waals surface area contributed by atoms with Crippen LogP contribution >= 0.6 is 23.4 Å². The van der Waals surface area contributed by atoms with Crippen molar-refractivity contribution in [3.05, 3.63) is 28.5 Å². The van der Waals surface area contributed by atoms with Crippen LogP contribution < -0.4 is 5.73 Å². The average Bonchev–Trinajstić information content (AvgIpc) is 2.78. The summed E-state index contributed by atoms with van der Waals surface area (Å²) >= 11 is 7.47. The SMILES string of the molecule is CSc1c(F)cc(C2(CN)CCCC2)cc1Cl. The minimum absolute atomic E-state index is 0.0541. The van der Waals surface area contributed by atoms with Gasteiger partial charge in [-0.2, -0.15) is 0 Å². The number of nitrogens with two attached hydrogens (primary N) is 1. The summed E-state index contributed by atoms with van der Waals surface area (Å²) in [5.41, 5.74) is 6.82. The van der Waals surface area contributed by atoms with Gasteiger partial charge in [0.25, 0.3) is 0 Å². The first-order valence-electron chi connectivity index (χ1n) is 5.86. The fourth-order valence-electron chi connectivity index (χ4n) is 2.72. The highest BCUT2D eigenvalue weighted by atomic mass is 35.5. The first-order valence-corrected chi connectivity index (χ1v) is 7.47. The molecule has 0 heterocycles. The zero-order valence-electron chi connectivity index (χ0n) is 9.93. The Bertz CT molecular complexity index is 393. The molecule has 0 bridgehead atoms. The van der Waals surface area contributed by atoms with Crippen LogP contribution in [0.25, 0.3) is 0 Å². The molecule has 0 aliphatic heterocycles. The van der Waals surface area contributed by atoms with Gasteiger partial charge in [0.05, 0.1) is 9.92 Å². The van der Waals surface area contributed by atoms with Crippen LogP contribution in [0, 0.1) is 5.82 Å². The number of benzene rings is 1. The quantitative estimate of drug-likeness (QED) is 0.844. The summed E-state index contributed by atoms with van der Waals surface area (Å²) in [7, 11) is 0. The highest BCUT2D eigenvalue weighted by Gasteiger charge is 2.35.